The molecule has 1 heterocycles. The number of rotatable bonds is 10. The van der Waals surface area contributed by atoms with E-state index in [0.717, 1.165) is 38.9 Å². The van der Waals surface area contributed by atoms with Crippen LogP contribution in [0.25, 0.3) is 10.9 Å². The largest absolute Gasteiger partial charge is 0.489 e. The van der Waals surface area contributed by atoms with E-state index in [2.05, 4.69) is 10.6 Å². The number of aliphatic carboxylic acids is 1. The van der Waals surface area contributed by atoms with Crippen LogP contribution >= 0.6 is 0 Å². The Morgan fingerprint density at radius 1 is 0.694 bits per heavy atom. The van der Waals surface area contributed by atoms with Crippen LogP contribution in [0, 0.1) is 0 Å². The Labute approximate surface area is 210 Å². The number of aromatic nitrogens is 1. The summed E-state index contributed by atoms with van der Waals surface area (Å²) in [5, 5.41) is 10.4. The Balaban J connectivity index is 1.36. The number of carboxylic acid groups (broad SMARTS) is 1. The van der Waals surface area contributed by atoms with E-state index < -0.39 is 5.97 Å². The van der Waals surface area contributed by atoms with Crippen LogP contribution in [0.1, 0.15) is 22.3 Å². The summed E-state index contributed by atoms with van der Waals surface area (Å²) < 4.78 is 14.1. The standard InChI is InChI=1S/C31H27NO4/c33-31(34)17-26-20-32(19-25-12-7-13-27(16-25)35-21-23-8-3-1-4-9-23)30-15-14-28(18-29(26)30)36-22-24-10-5-2-6-11-24/h1-16,18,20H,17,19,21-22H2,(H,33,34). The summed E-state index contributed by atoms with van der Waals surface area (Å²) in [7, 11) is 0. The molecule has 1 aromatic heterocycles. The van der Waals surface area contributed by atoms with Gasteiger partial charge in [-0.2, -0.15) is 0 Å². The van der Waals surface area contributed by atoms with Gasteiger partial charge in [0.2, 0.25) is 0 Å². The monoisotopic (exact) mass is 477 g/mol. The second-order valence-corrected chi connectivity index (χ2v) is 8.73. The van der Waals surface area contributed by atoms with E-state index >= 15 is 0 Å². The molecule has 36 heavy (non-hydrogen) atoms. The van der Waals surface area contributed by atoms with E-state index in [9.17, 15) is 9.90 Å². The number of nitrogens with zero attached hydrogens (tertiary/aromatic N) is 1. The first-order valence-corrected chi connectivity index (χ1v) is 11.9. The zero-order chi connectivity index (χ0) is 24.7. The topological polar surface area (TPSA) is 60.7 Å². The predicted molar refractivity (Wildman–Crippen MR) is 140 cm³/mol. The fourth-order valence-corrected chi connectivity index (χ4v) is 4.29. The molecule has 0 atom stereocenters. The van der Waals surface area contributed by atoms with E-state index in [-0.39, 0.29) is 6.42 Å². The van der Waals surface area contributed by atoms with Crippen molar-refractivity contribution in [2.45, 2.75) is 26.2 Å². The zero-order valence-electron chi connectivity index (χ0n) is 19.8. The second kappa shape index (κ2) is 10.8. The third-order valence-electron chi connectivity index (χ3n) is 6.02. The van der Waals surface area contributed by atoms with Crippen molar-refractivity contribution in [1.29, 1.82) is 0 Å². The van der Waals surface area contributed by atoms with Crippen molar-refractivity contribution in [2.24, 2.45) is 0 Å². The Morgan fingerprint density at radius 2 is 1.31 bits per heavy atom. The summed E-state index contributed by atoms with van der Waals surface area (Å²) in [5.74, 6) is 0.656. The molecular formula is C31H27NO4. The highest BCUT2D eigenvalue weighted by Gasteiger charge is 2.13. The normalized spacial score (nSPS) is 10.9. The van der Waals surface area contributed by atoms with Crippen molar-refractivity contribution in [3.63, 3.8) is 0 Å². The van der Waals surface area contributed by atoms with Gasteiger partial charge in [0, 0.05) is 23.6 Å². The van der Waals surface area contributed by atoms with Gasteiger partial charge in [0.25, 0.3) is 0 Å². The summed E-state index contributed by atoms with van der Waals surface area (Å²) in [6.45, 7) is 1.56. The zero-order valence-corrected chi connectivity index (χ0v) is 19.8. The summed E-state index contributed by atoms with van der Waals surface area (Å²) in [4.78, 5) is 11.6. The minimum atomic E-state index is -0.860. The SMILES string of the molecule is O=C(O)Cc1cn(Cc2cccc(OCc3ccccc3)c2)c2ccc(OCc3ccccc3)cc12. The van der Waals surface area contributed by atoms with E-state index in [0.29, 0.717) is 25.5 Å². The molecule has 0 unspecified atom stereocenters. The number of carbonyl (C=O) groups is 1. The first-order chi connectivity index (χ1) is 17.6. The maximum absolute atomic E-state index is 11.6. The van der Waals surface area contributed by atoms with Crippen molar-refractivity contribution >= 4 is 16.9 Å². The highest BCUT2D eigenvalue weighted by molar-refractivity contribution is 5.88. The van der Waals surface area contributed by atoms with Crippen LogP contribution in [0.5, 0.6) is 11.5 Å². The van der Waals surface area contributed by atoms with E-state index in [1.54, 1.807) is 0 Å². The van der Waals surface area contributed by atoms with Crippen molar-refractivity contribution in [1.82, 2.24) is 4.57 Å². The van der Waals surface area contributed by atoms with Crippen LogP contribution in [0.4, 0.5) is 0 Å². The summed E-state index contributed by atoms with van der Waals surface area (Å²) in [6.07, 6.45) is 1.88. The van der Waals surface area contributed by atoms with Crippen molar-refractivity contribution in [3.05, 3.63) is 132 Å². The average Bonchev–Trinajstić information content (AvgIpc) is 3.23. The number of fused-ring (bicyclic) bond motifs is 1. The smallest absolute Gasteiger partial charge is 0.307 e. The van der Waals surface area contributed by atoms with Gasteiger partial charge in [0.1, 0.15) is 24.7 Å². The molecule has 0 saturated heterocycles. The quantitative estimate of drug-likeness (QED) is 0.250. The molecule has 4 aromatic carbocycles. The van der Waals surface area contributed by atoms with Gasteiger partial charge in [-0.05, 0) is 52.6 Å². The minimum Gasteiger partial charge on any atom is -0.489 e. The van der Waals surface area contributed by atoms with Gasteiger partial charge in [-0.3, -0.25) is 4.79 Å². The first-order valence-electron chi connectivity index (χ1n) is 11.9. The Morgan fingerprint density at radius 3 is 1.94 bits per heavy atom. The maximum atomic E-state index is 11.6. The molecule has 0 saturated carbocycles. The van der Waals surface area contributed by atoms with Gasteiger partial charge >= 0.3 is 5.97 Å². The molecule has 0 fully saturated rings. The first kappa shape index (κ1) is 23.2. The van der Waals surface area contributed by atoms with Gasteiger partial charge in [-0.25, -0.2) is 0 Å². The minimum absolute atomic E-state index is 0.0497. The molecule has 1 N–H and O–H groups in total. The second-order valence-electron chi connectivity index (χ2n) is 8.73. The molecule has 5 heteroatoms. The number of hydrogen-bond acceptors (Lipinski definition) is 3. The van der Waals surface area contributed by atoms with Crippen molar-refractivity contribution in [2.75, 3.05) is 0 Å². The molecule has 0 amide bonds. The summed E-state index contributed by atoms with van der Waals surface area (Å²) in [5.41, 5.74) is 5.00. The lowest BCUT2D eigenvalue weighted by molar-refractivity contribution is -0.136. The van der Waals surface area contributed by atoms with Crippen LogP contribution in [0.2, 0.25) is 0 Å². The molecule has 5 aromatic rings. The molecule has 0 aliphatic rings. The molecule has 180 valence electrons. The number of ether oxygens (including phenoxy) is 2. The molecule has 0 radical (unpaired) electrons. The lowest BCUT2D eigenvalue weighted by atomic mass is 10.1. The highest BCUT2D eigenvalue weighted by Crippen LogP contribution is 2.28. The van der Waals surface area contributed by atoms with Crippen LogP contribution in [-0.4, -0.2) is 15.6 Å². The van der Waals surface area contributed by atoms with E-state index in [4.69, 9.17) is 9.47 Å². The van der Waals surface area contributed by atoms with E-state index in [1.165, 1.54) is 0 Å². The molecule has 0 aliphatic carbocycles. The van der Waals surface area contributed by atoms with Crippen molar-refractivity contribution in [3.8, 4) is 11.5 Å². The van der Waals surface area contributed by atoms with E-state index in [1.807, 2.05) is 103 Å². The highest BCUT2D eigenvalue weighted by atomic mass is 16.5. The molecule has 5 nitrogen and oxygen atoms in total. The number of carboxylic acids is 1. The van der Waals surface area contributed by atoms with Crippen LogP contribution in [-0.2, 0) is 31.0 Å². The van der Waals surface area contributed by atoms with Gasteiger partial charge in [-0.1, -0.05) is 72.8 Å². The predicted octanol–water partition coefficient (Wildman–Crippen LogP) is 6.47. The molecule has 0 spiro atoms. The van der Waals surface area contributed by atoms with Crippen LogP contribution in [0.15, 0.2) is 109 Å². The third-order valence-corrected chi connectivity index (χ3v) is 6.02. The fourth-order valence-electron chi connectivity index (χ4n) is 4.29. The number of benzene rings is 4. The van der Waals surface area contributed by atoms with Gasteiger partial charge in [0.05, 0.1) is 6.42 Å². The Hall–Kier alpha value is -4.51. The third kappa shape index (κ3) is 5.76. The molecular weight excluding hydrogens is 450 g/mol. The van der Waals surface area contributed by atoms with Crippen LogP contribution in [0.3, 0.4) is 0 Å². The average molecular weight is 478 g/mol. The van der Waals surface area contributed by atoms with Crippen LogP contribution < -0.4 is 9.47 Å². The number of hydrogen-bond donors (Lipinski definition) is 1. The fraction of sp³-hybridized carbons (Fsp3) is 0.129. The van der Waals surface area contributed by atoms with Gasteiger partial charge in [-0.15, -0.1) is 0 Å². The lowest BCUT2D eigenvalue weighted by Gasteiger charge is -2.10. The van der Waals surface area contributed by atoms with Gasteiger partial charge in [0.15, 0.2) is 0 Å². The molecule has 0 aliphatic heterocycles. The summed E-state index contributed by atoms with van der Waals surface area (Å²) >= 11 is 0. The molecule has 5 rings (SSSR count). The molecule has 0 bridgehead atoms. The Bertz CT molecular complexity index is 1460. The maximum Gasteiger partial charge on any atom is 0.307 e. The summed E-state index contributed by atoms with van der Waals surface area (Å²) in [6, 6.07) is 33.9. The Kier molecular flexibility index (Phi) is 6.99. The van der Waals surface area contributed by atoms with Gasteiger partial charge < -0.3 is 19.1 Å². The lowest BCUT2D eigenvalue weighted by Crippen LogP contribution is -2.01. The van der Waals surface area contributed by atoms with Crippen molar-refractivity contribution < 1.29 is 19.4 Å².